The second-order valence-corrected chi connectivity index (χ2v) is 6.12. The molecule has 0 saturated heterocycles. The number of methoxy groups -OCH3 is 1. The molecule has 7 heteroatoms. The van der Waals surface area contributed by atoms with Gasteiger partial charge in [-0.2, -0.15) is 0 Å². The Kier molecular flexibility index (Phi) is 4.88. The largest absolute Gasteiger partial charge is 0.467 e. The lowest BCUT2D eigenvalue weighted by atomic mass is 10.0. The number of nitrogens with zero attached hydrogens (tertiary/aromatic N) is 2. The van der Waals surface area contributed by atoms with Crippen molar-refractivity contribution in [2.45, 2.75) is 25.8 Å². The number of benzene rings is 1. The summed E-state index contributed by atoms with van der Waals surface area (Å²) in [4.78, 5) is 16.4. The summed E-state index contributed by atoms with van der Waals surface area (Å²) in [6, 6.07) is 2.36. The second kappa shape index (κ2) is 6.32. The van der Waals surface area contributed by atoms with Gasteiger partial charge in [-0.15, -0.1) is 11.6 Å². The summed E-state index contributed by atoms with van der Waals surface area (Å²) in [7, 11) is 1.34. The molecule has 0 spiro atoms. The molecule has 0 bridgehead atoms. The van der Waals surface area contributed by atoms with Crippen molar-refractivity contribution in [3.63, 3.8) is 0 Å². The maximum absolute atomic E-state index is 13.7. The van der Waals surface area contributed by atoms with Crippen LogP contribution in [0.3, 0.4) is 0 Å². The lowest BCUT2D eigenvalue weighted by molar-refractivity contribution is -0.145. The predicted octanol–water partition coefficient (Wildman–Crippen LogP) is 4.05. The van der Waals surface area contributed by atoms with E-state index in [4.69, 9.17) is 16.3 Å². The summed E-state index contributed by atoms with van der Waals surface area (Å²) in [5.74, 6) is -0.189. The van der Waals surface area contributed by atoms with E-state index >= 15 is 0 Å². The Morgan fingerprint density at radius 2 is 2.19 bits per heavy atom. The van der Waals surface area contributed by atoms with E-state index in [1.165, 1.54) is 13.2 Å². The molecule has 1 aromatic carbocycles. The van der Waals surface area contributed by atoms with Crippen molar-refractivity contribution in [3.8, 4) is 0 Å². The third kappa shape index (κ3) is 2.92. The standard InChI is InChI=1S/C14H15BrClFN2O2/c1-7(2)13(14(20)21-3)19-11-4-8(15)9(17)5-10(11)18-12(19)6-16/h4-5,7,13H,6H2,1-3H3. The number of hydrogen-bond acceptors (Lipinski definition) is 3. The number of alkyl halides is 1. The molecule has 0 saturated carbocycles. The lowest BCUT2D eigenvalue weighted by Crippen LogP contribution is -2.27. The molecule has 2 rings (SSSR count). The average Bonchev–Trinajstić information content (AvgIpc) is 2.77. The number of halogens is 3. The summed E-state index contributed by atoms with van der Waals surface area (Å²) in [5.41, 5.74) is 1.10. The highest BCUT2D eigenvalue weighted by molar-refractivity contribution is 9.10. The van der Waals surface area contributed by atoms with Crippen molar-refractivity contribution in [2.75, 3.05) is 7.11 Å². The summed E-state index contributed by atoms with van der Waals surface area (Å²) < 4.78 is 20.6. The fourth-order valence-corrected chi connectivity index (χ4v) is 2.86. The normalized spacial score (nSPS) is 12.9. The zero-order valence-corrected chi connectivity index (χ0v) is 14.2. The van der Waals surface area contributed by atoms with Gasteiger partial charge in [0.25, 0.3) is 0 Å². The monoisotopic (exact) mass is 376 g/mol. The first-order valence-electron chi connectivity index (χ1n) is 6.40. The highest BCUT2D eigenvalue weighted by atomic mass is 79.9. The molecule has 114 valence electrons. The Morgan fingerprint density at radius 1 is 1.52 bits per heavy atom. The van der Waals surface area contributed by atoms with Crippen molar-refractivity contribution in [1.29, 1.82) is 0 Å². The number of fused-ring (bicyclic) bond motifs is 1. The van der Waals surface area contributed by atoms with Crippen molar-refractivity contribution >= 4 is 44.5 Å². The molecule has 0 aliphatic rings. The van der Waals surface area contributed by atoms with E-state index in [1.807, 2.05) is 13.8 Å². The Morgan fingerprint density at radius 3 is 2.71 bits per heavy atom. The lowest BCUT2D eigenvalue weighted by Gasteiger charge is -2.22. The van der Waals surface area contributed by atoms with E-state index in [2.05, 4.69) is 20.9 Å². The van der Waals surface area contributed by atoms with Crippen LogP contribution in [0.25, 0.3) is 11.0 Å². The van der Waals surface area contributed by atoms with Crippen LogP contribution >= 0.6 is 27.5 Å². The number of imidazole rings is 1. The summed E-state index contributed by atoms with van der Waals surface area (Å²) in [6.45, 7) is 3.81. The Balaban J connectivity index is 2.75. The van der Waals surface area contributed by atoms with Gasteiger partial charge in [-0.25, -0.2) is 14.2 Å². The molecule has 2 aromatic rings. The summed E-state index contributed by atoms with van der Waals surface area (Å²) in [5, 5.41) is 0. The van der Waals surface area contributed by atoms with Crippen LogP contribution in [0, 0.1) is 11.7 Å². The van der Waals surface area contributed by atoms with Gasteiger partial charge in [0.2, 0.25) is 0 Å². The van der Waals surface area contributed by atoms with Gasteiger partial charge in [-0.05, 0) is 27.9 Å². The number of carbonyl (C=O) groups excluding carboxylic acids is 1. The molecule has 21 heavy (non-hydrogen) atoms. The topological polar surface area (TPSA) is 44.1 Å². The molecular formula is C14H15BrClFN2O2. The number of ether oxygens (including phenoxy) is 1. The van der Waals surface area contributed by atoms with E-state index < -0.39 is 11.9 Å². The van der Waals surface area contributed by atoms with Gasteiger partial charge in [0, 0.05) is 6.07 Å². The molecule has 0 fully saturated rings. The van der Waals surface area contributed by atoms with E-state index in [-0.39, 0.29) is 17.8 Å². The third-order valence-corrected chi connectivity index (χ3v) is 4.12. The summed E-state index contributed by atoms with van der Waals surface area (Å²) >= 11 is 9.10. The van der Waals surface area contributed by atoms with Crippen molar-refractivity contribution in [2.24, 2.45) is 5.92 Å². The number of hydrogen-bond donors (Lipinski definition) is 0. The highest BCUT2D eigenvalue weighted by Crippen LogP contribution is 2.31. The van der Waals surface area contributed by atoms with Crippen LogP contribution in [0.1, 0.15) is 25.7 Å². The number of aromatic nitrogens is 2. The zero-order valence-electron chi connectivity index (χ0n) is 11.9. The molecule has 0 amide bonds. The number of rotatable bonds is 4. The van der Waals surface area contributed by atoms with Gasteiger partial charge in [0.1, 0.15) is 17.7 Å². The fraction of sp³-hybridized carbons (Fsp3) is 0.429. The van der Waals surface area contributed by atoms with Crippen LogP contribution in [0.15, 0.2) is 16.6 Å². The molecule has 1 unspecified atom stereocenters. The summed E-state index contributed by atoms with van der Waals surface area (Å²) in [6.07, 6.45) is 0. The molecule has 1 atom stereocenters. The van der Waals surface area contributed by atoms with Crippen LogP contribution in [0.5, 0.6) is 0 Å². The molecule has 1 heterocycles. The SMILES string of the molecule is COC(=O)C(C(C)C)n1c(CCl)nc2cc(F)c(Br)cc21. The van der Waals surface area contributed by atoms with Gasteiger partial charge < -0.3 is 9.30 Å². The minimum absolute atomic E-state index is 0.0272. The first-order valence-corrected chi connectivity index (χ1v) is 7.73. The Hall–Kier alpha value is -1.14. The van der Waals surface area contributed by atoms with Crippen molar-refractivity contribution in [1.82, 2.24) is 9.55 Å². The van der Waals surface area contributed by atoms with E-state index in [1.54, 1.807) is 10.6 Å². The van der Waals surface area contributed by atoms with Crippen LogP contribution in [0.2, 0.25) is 0 Å². The molecule has 4 nitrogen and oxygen atoms in total. The maximum Gasteiger partial charge on any atom is 0.329 e. The number of esters is 1. The van der Waals surface area contributed by atoms with Crippen LogP contribution in [-0.4, -0.2) is 22.6 Å². The minimum atomic E-state index is -0.564. The van der Waals surface area contributed by atoms with E-state index in [9.17, 15) is 9.18 Å². The van der Waals surface area contributed by atoms with Gasteiger partial charge in [0.15, 0.2) is 0 Å². The Bertz CT molecular complexity index is 687. The Labute approximate surface area is 135 Å². The fourth-order valence-electron chi connectivity index (χ4n) is 2.34. The molecule has 0 aliphatic heterocycles. The molecular weight excluding hydrogens is 363 g/mol. The molecule has 0 aliphatic carbocycles. The molecule has 0 radical (unpaired) electrons. The quantitative estimate of drug-likeness (QED) is 0.596. The van der Waals surface area contributed by atoms with Crippen LogP contribution in [0.4, 0.5) is 4.39 Å². The van der Waals surface area contributed by atoms with Crippen molar-refractivity contribution in [3.05, 3.63) is 28.2 Å². The van der Waals surface area contributed by atoms with Gasteiger partial charge in [-0.3, -0.25) is 0 Å². The predicted molar refractivity (Wildman–Crippen MR) is 82.8 cm³/mol. The average molecular weight is 378 g/mol. The van der Waals surface area contributed by atoms with Gasteiger partial charge in [0.05, 0.1) is 28.5 Å². The number of carbonyl (C=O) groups is 1. The molecule has 0 N–H and O–H groups in total. The van der Waals surface area contributed by atoms with Gasteiger partial charge in [-0.1, -0.05) is 13.8 Å². The third-order valence-electron chi connectivity index (χ3n) is 3.28. The molecule has 1 aromatic heterocycles. The van der Waals surface area contributed by atoms with Gasteiger partial charge >= 0.3 is 5.97 Å². The van der Waals surface area contributed by atoms with E-state index in [0.717, 1.165) is 0 Å². The van der Waals surface area contributed by atoms with E-state index in [0.29, 0.717) is 21.3 Å². The minimum Gasteiger partial charge on any atom is -0.467 e. The first-order chi connectivity index (χ1) is 9.90. The van der Waals surface area contributed by atoms with Crippen molar-refractivity contribution < 1.29 is 13.9 Å². The van der Waals surface area contributed by atoms with Crippen LogP contribution in [-0.2, 0) is 15.4 Å². The first kappa shape index (κ1) is 16.2. The second-order valence-electron chi connectivity index (χ2n) is 5.00. The smallest absolute Gasteiger partial charge is 0.329 e. The highest BCUT2D eigenvalue weighted by Gasteiger charge is 2.29. The maximum atomic E-state index is 13.7. The van der Waals surface area contributed by atoms with Crippen LogP contribution < -0.4 is 0 Å². The zero-order chi connectivity index (χ0) is 15.7.